The number of cyclic esters (lactones) is 1. The first-order valence-corrected chi connectivity index (χ1v) is 10.4. The second kappa shape index (κ2) is 10.1. The van der Waals surface area contributed by atoms with Crippen LogP contribution in [0.15, 0.2) is 42.0 Å². The number of phenols is 1. The molecule has 168 valence electrons. The van der Waals surface area contributed by atoms with Gasteiger partial charge in [-0.3, -0.25) is 9.59 Å². The minimum absolute atomic E-state index is 0.0405. The number of ketones is 1. The number of nitrogens with one attached hydrogen (secondary N) is 1. The Labute approximate surface area is 187 Å². The lowest BCUT2D eigenvalue weighted by molar-refractivity contribution is -0.120. The van der Waals surface area contributed by atoms with Crippen LogP contribution in [0.25, 0.3) is 0 Å². The van der Waals surface area contributed by atoms with Gasteiger partial charge >= 0.3 is 5.97 Å². The lowest BCUT2D eigenvalue weighted by Crippen LogP contribution is -2.29. The molecular formula is C25H27NO6. The molecule has 2 aromatic carbocycles. The van der Waals surface area contributed by atoms with E-state index in [1.54, 1.807) is 24.3 Å². The van der Waals surface area contributed by atoms with E-state index < -0.39 is 5.97 Å². The summed E-state index contributed by atoms with van der Waals surface area (Å²) in [5, 5.41) is 13.3. The molecule has 1 heterocycles. The molecule has 3 rings (SSSR count). The summed E-state index contributed by atoms with van der Waals surface area (Å²) < 4.78 is 10.5. The monoisotopic (exact) mass is 437 g/mol. The molecular weight excluding hydrogens is 410 g/mol. The molecule has 1 amide bonds. The molecule has 0 aromatic heterocycles. The molecule has 7 heteroatoms. The van der Waals surface area contributed by atoms with Crippen LogP contribution in [0.3, 0.4) is 0 Å². The third-order valence-corrected chi connectivity index (χ3v) is 5.59. The van der Waals surface area contributed by atoms with E-state index in [2.05, 4.69) is 5.32 Å². The lowest BCUT2D eigenvalue weighted by atomic mass is 9.94. The van der Waals surface area contributed by atoms with Crippen LogP contribution in [0.2, 0.25) is 0 Å². The van der Waals surface area contributed by atoms with Gasteiger partial charge in [-0.1, -0.05) is 42.0 Å². The molecule has 0 bridgehead atoms. The standard InChI is InChI=1S/C25H27NO6/c1-15(10-12-21(28)26-13-20(27)17-7-5-4-6-8-17)9-11-18-23(29)22-19(14-32-25(22)30)16(2)24(18)31-3/h4-9,29H,10-14H2,1-3H3,(H,26,28). The van der Waals surface area contributed by atoms with Crippen molar-refractivity contribution in [3.05, 3.63) is 69.8 Å². The van der Waals surface area contributed by atoms with Crippen LogP contribution in [0, 0.1) is 6.92 Å². The second-order valence-electron chi connectivity index (χ2n) is 7.74. The smallest absolute Gasteiger partial charge is 0.342 e. The number of phenolic OH excluding ortho intramolecular Hbond substituents is 1. The van der Waals surface area contributed by atoms with Crippen molar-refractivity contribution in [2.75, 3.05) is 13.7 Å². The van der Waals surface area contributed by atoms with Crippen molar-refractivity contribution >= 4 is 17.7 Å². The Morgan fingerprint density at radius 3 is 2.62 bits per heavy atom. The highest BCUT2D eigenvalue weighted by atomic mass is 16.5. The Morgan fingerprint density at radius 1 is 1.22 bits per heavy atom. The number of methoxy groups -OCH3 is 1. The first kappa shape index (κ1) is 23.1. The van der Waals surface area contributed by atoms with Crippen LogP contribution in [0.5, 0.6) is 11.5 Å². The molecule has 0 aliphatic carbocycles. The molecule has 1 aliphatic heterocycles. The van der Waals surface area contributed by atoms with Gasteiger partial charge in [-0.25, -0.2) is 4.79 Å². The summed E-state index contributed by atoms with van der Waals surface area (Å²) in [5.41, 5.74) is 3.64. The molecule has 0 saturated heterocycles. The number of Topliss-reactive ketones (excluding diaryl/α,β-unsaturated/α-hetero) is 1. The summed E-state index contributed by atoms with van der Waals surface area (Å²) in [5.74, 6) is -0.475. The van der Waals surface area contributed by atoms with Crippen LogP contribution in [-0.4, -0.2) is 36.4 Å². The normalized spacial score (nSPS) is 12.8. The number of carbonyl (C=O) groups excluding carboxylic acids is 3. The summed E-state index contributed by atoms with van der Waals surface area (Å²) in [6, 6.07) is 8.81. The minimum Gasteiger partial charge on any atom is -0.507 e. The van der Waals surface area contributed by atoms with E-state index in [9.17, 15) is 19.5 Å². The molecule has 0 saturated carbocycles. The van der Waals surface area contributed by atoms with Crippen molar-refractivity contribution in [3.63, 3.8) is 0 Å². The number of ether oxygens (including phenoxy) is 2. The number of fused-ring (bicyclic) bond motifs is 1. The highest BCUT2D eigenvalue weighted by Crippen LogP contribution is 2.42. The quantitative estimate of drug-likeness (QED) is 0.353. The minimum atomic E-state index is -0.535. The van der Waals surface area contributed by atoms with E-state index in [1.807, 2.05) is 26.0 Å². The average Bonchev–Trinajstić information content (AvgIpc) is 3.19. The van der Waals surface area contributed by atoms with Crippen molar-refractivity contribution in [2.45, 2.75) is 39.7 Å². The molecule has 0 fully saturated rings. The van der Waals surface area contributed by atoms with E-state index in [1.165, 1.54) is 7.11 Å². The molecule has 2 N–H and O–H groups in total. The van der Waals surface area contributed by atoms with Crippen LogP contribution < -0.4 is 10.1 Å². The summed E-state index contributed by atoms with van der Waals surface area (Å²) in [7, 11) is 1.52. The summed E-state index contributed by atoms with van der Waals surface area (Å²) >= 11 is 0. The molecule has 0 spiro atoms. The number of esters is 1. The van der Waals surface area contributed by atoms with Gasteiger partial charge in [0.15, 0.2) is 5.78 Å². The maximum Gasteiger partial charge on any atom is 0.342 e. The number of hydrogen-bond donors (Lipinski definition) is 2. The van der Waals surface area contributed by atoms with Gasteiger partial charge in [0.2, 0.25) is 5.91 Å². The Kier molecular flexibility index (Phi) is 7.30. The predicted molar refractivity (Wildman–Crippen MR) is 119 cm³/mol. The van der Waals surface area contributed by atoms with E-state index in [-0.39, 0.29) is 42.6 Å². The predicted octanol–water partition coefficient (Wildman–Crippen LogP) is 3.65. The Hall–Kier alpha value is -3.61. The summed E-state index contributed by atoms with van der Waals surface area (Å²) in [6.45, 7) is 3.81. The fraction of sp³-hybridized carbons (Fsp3) is 0.320. The zero-order chi connectivity index (χ0) is 23.3. The van der Waals surface area contributed by atoms with Crippen LogP contribution in [0.1, 0.15) is 57.2 Å². The van der Waals surface area contributed by atoms with Crippen LogP contribution >= 0.6 is 0 Å². The van der Waals surface area contributed by atoms with E-state index in [4.69, 9.17) is 9.47 Å². The zero-order valence-corrected chi connectivity index (χ0v) is 18.5. The first-order valence-electron chi connectivity index (χ1n) is 10.4. The van der Waals surface area contributed by atoms with E-state index in [0.29, 0.717) is 35.3 Å². The van der Waals surface area contributed by atoms with Crippen molar-refractivity contribution in [1.29, 1.82) is 0 Å². The maximum atomic E-state index is 12.1. The second-order valence-corrected chi connectivity index (χ2v) is 7.74. The maximum absolute atomic E-state index is 12.1. The summed E-state index contributed by atoms with van der Waals surface area (Å²) in [4.78, 5) is 36.2. The summed E-state index contributed by atoms with van der Waals surface area (Å²) in [6.07, 6.45) is 2.98. The van der Waals surface area contributed by atoms with Gasteiger partial charge < -0.3 is 19.9 Å². The molecule has 1 aliphatic rings. The number of rotatable bonds is 9. The van der Waals surface area contributed by atoms with Gasteiger partial charge in [0.25, 0.3) is 0 Å². The van der Waals surface area contributed by atoms with Gasteiger partial charge in [0.05, 0.1) is 13.7 Å². The first-order chi connectivity index (χ1) is 15.3. The van der Waals surface area contributed by atoms with Gasteiger partial charge in [0, 0.05) is 23.1 Å². The van der Waals surface area contributed by atoms with Crippen LogP contribution in [0.4, 0.5) is 0 Å². The van der Waals surface area contributed by atoms with Crippen molar-refractivity contribution in [1.82, 2.24) is 5.32 Å². The van der Waals surface area contributed by atoms with Crippen molar-refractivity contribution in [3.8, 4) is 11.5 Å². The molecule has 2 aromatic rings. The lowest BCUT2D eigenvalue weighted by Gasteiger charge is -2.15. The third kappa shape index (κ3) is 4.99. The average molecular weight is 437 g/mol. The molecule has 32 heavy (non-hydrogen) atoms. The Balaban J connectivity index is 1.59. The fourth-order valence-corrected chi connectivity index (χ4v) is 3.71. The third-order valence-electron chi connectivity index (χ3n) is 5.59. The van der Waals surface area contributed by atoms with Crippen molar-refractivity contribution < 1.29 is 29.0 Å². The molecule has 0 radical (unpaired) electrons. The zero-order valence-electron chi connectivity index (χ0n) is 18.5. The Bertz CT molecular complexity index is 1070. The van der Waals surface area contributed by atoms with Gasteiger partial charge in [-0.2, -0.15) is 0 Å². The number of allylic oxidation sites excluding steroid dienone is 2. The number of benzene rings is 2. The number of amides is 1. The molecule has 7 nitrogen and oxygen atoms in total. The highest BCUT2D eigenvalue weighted by Gasteiger charge is 2.31. The largest absolute Gasteiger partial charge is 0.507 e. The van der Waals surface area contributed by atoms with Gasteiger partial charge in [0.1, 0.15) is 23.7 Å². The number of carbonyl (C=O) groups is 3. The fourth-order valence-electron chi connectivity index (χ4n) is 3.71. The molecule has 0 atom stereocenters. The van der Waals surface area contributed by atoms with E-state index in [0.717, 1.165) is 11.1 Å². The van der Waals surface area contributed by atoms with E-state index >= 15 is 0 Å². The Morgan fingerprint density at radius 2 is 1.94 bits per heavy atom. The van der Waals surface area contributed by atoms with Gasteiger partial charge in [-0.15, -0.1) is 0 Å². The van der Waals surface area contributed by atoms with Gasteiger partial charge in [-0.05, 0) is 32.3 Å². The highest BCUT2D eigenvalue weighted by molar-refractivity contribution is 5.99. The van der Waals surface area contributed by atoms with Crippen LogP contribution in [-0.2, 0) is 22.6 Å². The number of aromatic hydroxyl groups is 1. The van der Waals surface area contributed by atoms with Crippen molar-refractivity contribution in [2.24, 2.45) is 0 Å². The molecule has 0 unspecified atom stereocenters. The SMILES string of the molecule is COc1c(C)c2c(c(O)c1CC=C(C)CCC(=O)NCC(=O)c1ccccc1)C(=O)OC2. The topological polar surface area (TPSA) is 102 Å². The number of hydrogen-bond acceptors (Lipinski definition) is 6.